The van der Waals surface area contributed by atoms with Gasteiger partial charge in [0.15, 0.2) is 0 Å². The molecule has 2 aliphatic rings. The van der Waals surface area contributed by atoms with Gasteiger partial charge in [0.2, 0.25) is 5.95 Å². The molecule has 1 aromatic heterocycles. The first-order valence-electron chi connectivity index (χ1n) is 7.37. The molecule has 4 rings (SSSR count). The van der Waals surface area contributed by atoms with E-state index in [0.29, 0.717) is 17.8 Å². The van der Waals surface area contributed by atoms with Crippen LogP contribution in [0.2, 0.25) is 0 Å². The molecule has 0 spiro atoms. The number of aromatic nitrogens is 3. The first-order valence-corrected chi connectivity index (χ1v) is 7.37. The van der Waals surface area contributed by atoms with Gasteiger partial charge in [0.05, 0.1) is 0 Å². The van der Waals surface area contributed by atoms with Crippen LogP contribution in [0.25, 0.3) is 0 Å². The average molecular weight is 268 g/mol. The molecule has 2 aliphatic carbocycles. The van der Waals surface area contributed by atoms with Crippen molar-refractivity contribution in [1.29, 1.82) is 0 Å². The summed E-state index contributed by atoms with van der Waals surface area (Å²) >= 11 is 0. The number of benzene rings is 1. The van der Waals surface area contributed by atoms with Crippen molar-refractivity contribution in [2.24, 2.45) is 5.41 Å². The normalized spacial score (nSPS) is 26.5. The van der Waals surface area contributed by atoms with Gasteiger partial charge in [0, 0.05) is 11.8 Å². The maximum absolute atomic E-state index is 5.65. The highest BCUT2D eigenvalue weighted by molar-refractivity contribution is 5.47. The van der Waals surface area contributed by atoms with Gasteiger partial charge in [0.25, 0.3) is 0 Å². The number of hydrogen-bond acceptors (Lipinski definition) is 3. The molecule has 20 heavy (non-hydrogen) atoms. The van der Waals surface area contributed by atoms with E-state index in [1.807, 2.05) is 0 Å². The Balaban J connectivity index is 1.75. The number of anilines is 1. The Morgan fingerprint density at radius 3 is 2.85 bits per heavy atom. The van der Waals surface area contributed by atoms with Crippen LogP contribution < -0.4 is 5.73 Å². The van der Waals surface area contributed by atoms with Crippen LogP contribution >= 0.6 is 0 Å². The molecule has 2 atom stereocenters. The number of rotatable bonds is 2. The number of nitrogen functional groups attached to an aromatic ring is 1. The SMILES string of the molecule is CC1(C)[C@H](c2nc(N)n[nH]2)[C@H]1c1cccc2c1CCC2. The third-order valence-electron chi connectivity index (χ3n) is 5.16. The minimum Gasteiger partial charge on any atom is -0.367 e. The first kappa shape index (κ1) is 11.9. The van der Waals surface area contributed by atoms with Crippen LogP contribution in [0.1, 0.15) is 54.6 Å². The van der Waals surface area contributed by atoms with Crippen LogP contribution in [0.4, 0.5) is 5.95 Å². The van der Waals surface area contributed by atoms with Gasteiger partial charge in [-0.05, 0) is 41.4 Å². The molecule has 0 saturated heterocycles. The van der Waals surface area contributed by atoms with Crippen molar-refractivity contribution in [3.8, 4) is 0 Å². The fraction of sp³-hybridized carbons (Fsp3) is 0.500. The highest BCUT2D eigenvalue weighted by Gasteiger charge is 2.61. The lowest BCUT2D eigenvalue weighted by atomic mass is 9.96. The molecular weight excluding hydrogens is 248 g/mol. The highest BCUT2D eigenvalue weighted by Crippen LogP contribution is 2.69. The van der Waals surface area contributed by atoms with Crippen molar-refractivity contribution in [3.05, 3.63) is 40.7 Å². The second-order valence-corrected chi connectivity index (χ2v) is 6.69. The fourth-order valence-corrected chi connectivity index (χ4v) is 4.10. The molecule has 2 aromatic rings. The lowest BCUT2D eigenvalue weighted by Crippen LogP contribution is -1.95. The number of fused-ring (bicyclic) bond motifs is 1. The van der Waals surface area contributed by atoms with Crippen molar-refractivity contribution >= 4 is 5.95 Å². The van der Waals surface area contributed by atoms with Gasteiger partial charge in [-0.1, -0.05) is 32.0 Å². The number of aromatic amines is 1. The van der Waals surface area contributed by atoms with Gasteiger partial charge in [-0.15, -0.1) is 5.10 Å². The molecule has 104 valence electrons. The molecule has 0 amide bonds. The van der Waals surface area contributed by atoms with Gasteiger partial charge in [-0.25, -0.2) is 0 Å². The first-order chi connectivity index (χ1) is 9.59. The zero-order valence-corrected chi connectivity index (χ0v) is 12.0. The summed E-state index contributed by atoms with van der Waals surface area (Å²) in [5.74, 6) is 2.22. The largest absolute Gasteiger partial charge is 0.367 e. The molecule has 3 N–H and O–H groups in total. The van der Waals surface area contributed by atoms with Gasteiger partial charge in [0.1, 0.15) is 5.82 Å². The second-order valence-electron chi connectivity index (χ2n) is 6.69. The summed E-state index contributed by atoms with van der Waals surface area (Å²) in [6.07, 6.45) is 3.75. The maximum Gasteiger partial charge on any atom is 0.239 e. The molecule has 1 heterocycles. The van der Waals surface area contributed by atoms with Gasteiger partial charge < -0.3 is 5.73 Å². The predicted molar refractivity (Wildman–Crippen MR) is 78.5 cm³/mol. The summed E-state index contributed by atoms with van der Waals surface area (Å²) in [6, 6.07) is 6.79. The number of H-pyrrole nitrogens is 1. The number of hydrogen-bond donors (Lipinski definition) is 2. The molecule has 0 aliphatic heterocycles. The average Bonchev–Trinajstić information content (AvgIpc) is 2.83. The molecule has 1 saturated carbocycles. The maximum atomic E-state index is 5.65. The summed E-state index contributed by atoms with van der Waals surface area (Å²) in [5, 5.41) is 6.99. The second kappa shape index (κ2) is 3.84. The molecule has 0 radical (unpaired) electrons. The third-order valence-corrected chi connectivity index (χ3v) is 5.16. The Morgan fingerprint density at radius 1 is 1.25 bits per heavy atom. The summed E-state index contributed by atoms with van der Waals surface area (Å²) in [4.78, 5) is 4.35. The van der Waals surface area contributed by atoms with Crippen LogP contribution in [0.15, 0.2) is 18.2 Å². The third kappa shape index (κ3) is 1.54. The minimum atomic E-state index is 0.226. The quantitative estimate of drug-likeness (QED) is 0.880. The van der Waals surface area contributed by atoms with Crippen molar-refractivity contribution in [2.75, 3.05) is 5.73 Å². The summed E-state index contributed by atoms with van der Waals surface area (Å²) in [7, 11) is 0. The topological polar surface area (TPSA) is 67.6 Å². The number of aryl methyl sites for hydroxylation is 1. The Kier molecular flexibility index (Phi) is 2.29. The van der Waals surface area contributed by atoms with E-state index in [0.717, 1.165) is 5.82 Å². The lowest BCUT2D eigenvalue weighted by molar-refractivity contribution is 0.592. The highest BCUT2D eigenvalue weighted by atomic mass is 15.3. The van der Waals surface area contributed by atoms with E-state index >= 15 is 0 Å². The molecule has 0 unspecified atom stereocenters. The minimum absolute atomic E-state index is 0.226. The number of nitrogens with two attached hydrogens (primary N) is 1. The standard InChI is InChI=1S/C16H20N4/c1-16(2)12(13(16)14-18-15(17)20-19-14)11-8-4-6-9-5-3-7-10(9)11/h4,6,8,12-13H,3,5,7H2,1-2H3,(H3,17,18,19,20)/t12-,13+/m1/s1. The fourth-order valence-electron chi connectivity index (χ4n) is 4.10. The lowest BCUT2D eigenvalue weighted by Gasteiger charge is -2.09. The Morgan fingerprint density at radius 2 is 2.10 bits per heavy atom. The summed E-state index contributed by atoms with van der Waals surface area (Å²) in [5.41, 5.74) is 10.5. The Hall–Kier alpha value is -1.84. The van der Waals surface area contributed by atoms with Crippen LogP contribution in [-0.4, -0.2) is 15.2 Å². The van der Waals surface area contributed by atoms with Crippen LogP contribution in [0.3, 0.4) is 0 Å². The molecule has 4 heteroatoms. The predicted octanol–water partition coefficient (Wildman–Crippen LogP) is 2.78. The van der Waals surface area contributed by atoms with Gasteiger partial charge >= 0.3 is 0 Å². The van der Waals surface area contributed by atoms with E-state index in [1.165, 1.54) is 24.8 Å². The van der Waals surface area contributed by atoms with Gasteiger partial charge in [-0.2, -0.15) is 4.98 Å². The monoisotopic (exact) mass is 268 g/mol. The van der Waals surface area contributed by atoms with E-state index in [2.05, 4.69) is 47.2 Å². The van der Waals surface area contributed by atoms with Crippen molar-refractivity contribution in [2.45, 2.75) is 44.9 Å². The Bertz CT molecular complexity index is 671. The van der Waals surface area contributed by atoms with Crippen LogP contribution in [0.5, 0.6) is 0 Å². The van der Waals surface area contributed by atoms with Crippen LogP contribution in [0, 0.1) is 5.41 Å². The zero-order valence-electron chi connectivity index (χ0n) is 12.0. The van der Waals surface area contributed by atoms with E-state index in [9.17, 15) is 0 Å². The van der Waals surface area contributed by atoms with Crippen molar-refractivity contribution < 1.29 is 0 Å². The van der Waals surface area contributed by atoms with E-state index in [-0.39, 0.29) is 5.41 Å². The molecule has 1 fully saturated rings. The number of nitrogens with zero attached hydrogens (tertiary/aromatic N) is 2. The Labute approximate surface area is 118 Å². The number of nitrogens with one attached hydrogen (secondary N) is 1. The van der Waals surface area contributed by atoms with Crippen LogP contribution in [-0.2, 0) is 12.8 Å². The molecule has 0 bridgehead atoms. The van der Waals surface area contributed by atoms with E-state index < -0.39 is 0 Å². The zero-order chi connectivity index (χ0) is 13.9. The molecular formula is C16H20N4. The van der Waals surface area contributed by atoms with E-state index in [1.54, 1.807) is 11.1 Å². The summed E-state index contributed by atoms with van der Waals surface area (Å²) in [6.45, 7) is 4.63. The van der Waals surface area contributed by atoms with Gasteiger partial charge in [-0.3, -0.25) is 5.10 Å². The van der Waals surface area contributed by atoms with Crippen molar-refractivity contribution in [3.63, 3.8) is 0 Å². The van der Waals surface area contributed by atoms with Crippen molar-refractivity contribution in [1.82, 2.24) is 15.2 Å². The molecule has 1 aromatic carbocycles. The van der Waals surface area contributed by atoms with E-state index in [4.69, 9.17) is 5.73 Å². The molecule has 4 nitrogen and oxygen atoms in total. The smallest absolute Gasteiger partial charge is 0.239 e. The summed E-state index contributed by atoms with van der Waals surface area (Å²) < 4.78 is 0.